The molecule has 0 heterocycles. The Bertz CT molecular complexity index is 1630. The monoisotopic (exact) mass is 644 g/mol. The van der Waals surface area contributed by atoms with Crippen LogP contribution >= 0.6 is 11.8 Å². The summed E-state index contributed by atoms with van der Waals surface area (Å²) in [6.45, 7) is 0.0395. The number of benzene rings is 5. The van der Waals surface area contributed by atoms with Crippen LogP contribution in [-0.4, -0.2) is 36.9 Å². The van der Waals surface area contributed by atoms with E-state index in [0.717, 1.165) is 22.3 Å². The predicted molar refractivity (Wildman–Crippen MR) is 185 cm³/mol. The lowest BCUT2D eigenvalue weighted by molar-refractivity contribution is -0.144. The van der Waals surface area contributed by atoms with Crippen molar-refractivity contribution in [3.63, 3.8) is 0 Å². The number of thioether (sulfide) groups is 1. The van der Waals surface area contributed by atoms with Gasteiger partial charge in [0.05, 0.1) is 11.9 Å². The van der Waals surface area contributed by atoms with Gasteiger partial charge >= 0.3 is 12.1 Å². The first kappa shape index (κ1) is 33.0. The lowest BCUT2D eigenvalue weighted by Crippen LogP contribution is -2.49. The average Bonchev–Trinajstić information content (AvgIpc) is 3.14. The highest BCUT2D eigenvalue weighted by Gasteiger charge is 2.39. The van der Waals surface area contributed by atoms with E-state index in [-0.39, 0.29) is 12.4 Å². The number of amides is 2. The Hall–Kier alpha value is -5.34. The van der Waals surface area contributed by atoms with Gasteiger partial charge in [-0.25, -0.2) is 9.59 Å². The van der Waals surface area contributed by atoms with Crippen molar-refractivity contribution in [2.75, 3.05) is 12.9 Å². The van der Waals surface area contributed by atoms with Gasteiger partial charge in [-0.15, -0.1) is 11.8 Å². The van der Waals surface area contributed by atoms with Crippen LogP contribution in [0.25, 0.3) is 0 Å². The van der Waals surface area contributed by atoms with E-state index in [0.29, 0.717) is 5.56 Å². The molecule has 5 aromatic rings. The van der Waals surface area contributed by atoms with Crippen LogP contribution in [0.5, 0.6) is 0 Å². The third kappa shape index (κ3) is 8.28. The Balaban J connectivity index is 1.43. The molecule has 0 aliphatic rings. The molecule has 5 aromatic carbocycles. The van der Waals surface area contributed by atoms with Gasteiger partial charge < -0.3 is 20.1 Å². The van der Waals surface area contributed by atoms with Crippen molar-refractivity contribution in [2.24, 2.45) is 0 Å². The Morgan fingerprint density at radius 3 is 1.55 bits per heavy atom. The molecule has 7 nitrogen and oxygen atoms in total. The zero-order chi connectivity index (χ0) is 32.9. The van der Waals surface area contributed by atoms with E-state index in [9.17, 15) is 14.4 Å². The minimum Gasteiger partial charge on any atom is -0.467 e. The topological polar surface area (TPSA) is 93.7 Å². The van der Waals surface area contributed by atoms with Crippen molar-refractivity contribution in [1.82, 2.24) is 10.6 Å². The highest BCUT2D eigenvalue weighted by molar-refractivity contribution is 8.00. The van der Waals surface area contributed by atoms with Crippen LogP contribution in [0.2, 0.25) is 0 Å². The van der Waals surface area contributed by atoms with Crippen molar-refractivity contribution in [2.45, 2.75) is 23.4 Å². The summed E-state index contributed by atoms with van der Waals surface area (Å²) in [7, 11) is 1.29. The van der Waals surface area contributed by atoms with Gasteiger partial charge in [-0.1, -0.05) is 152 Å². The van der Waals surface area contributed by atoms with E-state index in [1.807, 2.05) is 91.0 Å². The fourth-order valence-corrected chi connectivity index (χ4v) is 6.92. The molecule has 0 aliphatic heterocycles. The fraction of sp³-hybridized carbons (Fsp3) is 0.154. The van der Waals surface area contributed by atoms with Gasteiger partial charge in [0.15, 0.2) is 0 Å². The minimum absolute atomic E-state index is 0.0395. The second-order valence-corrected chi connectivity index (χ2v) is 12.0. The van der Waals surface area contributed by atoms with Crippen molar-refractivity contribution >= 4 is 29.7 Å². The van der Waals surface area contributed by atoms with Crippen LogP contribution < -0.4 is 10.6 Å². The second kappa shape index (κ2) is 16.3. The number of esters is 1. The van der Waals surface area contributed by atoms with Gasteiger partial charge in [0, 0.05) is 5.75 Å². The van der Waals surface area contributed by atoms with E-state index in [1.54, 1.807) is 24.3 Å². The molecule has 0 saturated heterocycles. The summed E-state index contributed by atoms with van der Waals surface area (Å²) >= 11 is 1.52. The number of nitrogens with one attached hydrogen (secondary N) is 2. The third-order valence-electron chi connectivity index (χ3n) is 7.68. The molecule has 0 bridgehead atoms. The van der Waals surface area contributed by atoms with Gasteiger partial charge in [-0.3, -0.25) is 4.79 Å². The summed E-state index contributed by atoms with van der Waals surface area (Å²) in [4.78, 5) is 40.1. The van der Waals surface area contributed by atoms with Crippen molar-refractivity contribution in [3.05, 3.63) is 179 Å². The van der Waals surface area contributed by atoms with Crippen molar-refractivity contribution in [3.8, 4) is 0 Å². The Morgan fingerprint density at radius 1 is 0.638 bits per heavy atom. The van der Waals surface area contributed by atoms with Gasteiger partial charge in [-0.2, -0.15) is 0 Å². The molecule has 47 heavy (non-hydrogen) atoms. The average molecular weight is 645 g/mol. The van der Waals surface area contributed by atoms with Gasteiger partial charge in [0.1, 0.15) is 18.7 Å². The number of carbonyl (C=O) groups is 3. The normalized spacial score (nSPS) is 12.3. The highest BCUT2D eigenvalue weighted by Crippen LogP contribution is 2.48. The summed E-state index contributed by atoms with van der Waals surface area (Å²) in [5, 5.41) is 5.55. The standard InChI is InChI=1S/C39H36N2O5S/c1-45-37(43)34(40-36(42)35(30-19-9-3-10-20-30)41-38(44)46-27-29-17-7-2-8-18-29)28-47-39(31-21-11-4-12-22-31,32-23-13-5-14-24-32)33-25-15-6-16-26-33/h2-26,34-35H,27-28H2,1H3,(H,40,42)(H,41,44)/t34-,35-/m0/s1. The summed E-state index contributed by atoms with van der Waals surface area (Å²) in [6, 6.07) is 46.1. The maximum Gasteiger partial charge on any atom is 0.408 e. The lowest BCUT2D eigenvalue weighted by atomic mass is 9.84. The number of rotatable bonds is 13. The molecule has 8 heteroatoms. The molecule has 0 aliphatic carbocycles. The smallest absolute Gasteiger partial charge is 0.408 e. The molecule has 238 valence electrons. The molecule has 0 saturated carbocycles. The van der Waals surface area contributed by atoms with Gasteiger partial charge in [0.2, 0.25) is 5.91 Å². The van der Waals surface area contributed by atoms with Crippen LogP contribution in [-0.2, 0) is 30.4 Å². The van der Waals surface area contributed by atoms with E-state index in [2.05, 4.69) is 47.0 Å². The molecule has 0 spiro atoms. The minimum atomic E-state index is -1.13. The number of carbonyl (C=O) groups excluding carboxylic acids is 3. The van der Waals surface area contributed by atoms with Crippen LogP contribution in [0.15, 0.2) is 152 Å². The number of alkyl carbamates (subject to hydrolysis) is 1. The van der Waals surface area contributed by atoms with Crippen LogP contribution in [0.4, 0.5) is 4.79 Å². The van der Waals surface area contributed by atoms with E-state index in [1.165, 1.54) is 18.9 Å². The first-order valence-corrected chi connectivity index (χ1v) is 16.2. The lowest BCUT2D eigenvalue weighted by Gasteiger charge is -2.36. The number of hydrogen-bond donors (Lipinski definition) is 2. The number of ether oxygens (including phenoxy) is 2. The molecule has 0 aromatic heterocycles. The quantitative estimate of drug-likeness (QED) is 0.106. The Labute approximate surface area is 279 Å². The molecule has 5 rings (SSSR count). The third-order valence-corrected chi connectivity index (χ3v) is 9.32. The molecule has 2 amide bonds. The van der Waals surface area contributed by atoms with Crippen LogP contribution in [0.3, 0.4) is 0 Å². The number of methoxy groups -OCH3 is 1. The van der Waals surface area contributed by atoms with Crippen molar-refractivity contribution in [1.29, 1.82) is 0 Å². The largest absolute Gasteiger partial charge is 0.467 e. The van der Waals surface area contributed by atoms with Crippen molar-refractivity contribution < 1.29 is 23.9 Å². The number of hydrogen-bond acceptors (Lipinski definition) is 6. The summed E-state index contributed by atoms with van der Waals surface area (Å²) in [5.41, 5.74) is 4.39. The van der Waals surface area contributed by atoms with E-state index < -0.39 is 34.8 Å². The second-order valence-electron chi connectivity index (χ2n) is 10.7. The Morgan fingerprint density at radius 2 is 1.09 bits per heavy atom. The summed E-state index contributed by atoms with van der Waals surface area (Å²) < 4.78 is 9.86. The highest BCUT2D eigenvalue weighted by atomic mass is 32.2. The molecule has 0 fully saturated rings. The maximum absolute atomic E-state index is 13.9. The van der Waals surface area contributed by atoms with Crippen LogP contribution in [0, 0.1) is 0 Å². The molecular formula is C39H36N2O5S. The van der Waals surface area contributed by atoms with E-state index >= 15 is 0 Å². The predicted octanol–water partition coefficient (Wildman–Crippen LogP) is 7.04. The fourth-order valence-electron chi connectivity index (χ4n) is 5.37. The first-order valence-electron chi connectivity index (χ1n) is 15.2. The summed E-state index contributed by atoms with van der Waals surface area (Å²) in [6.07, 6.45) is -0.766. The molecule has 2 N–H and O–H groups in total. The van der Waals surface area contributed by atoms with Gasteiger partial charge in [-0.05, 0) is 27.8 Å². The summed E-state index contributed by atoms with van der Waals surface area (Å²) in [5.74, 6) is -1.02. The van der Waals surface area contributed by atoms with Crippen LogP contribution in [0.1, 0.15) is 33.9 Å². The SMILES string of the molecule is COC(=O)[C@H](CSC(c1ccccc1)(c1ccccc1)c1ccccc1)NC(=O)[C@@H](NC(=O)OCc1ccccc1)c1ccccc1. The zero-order valence-corrected chi connectivity index (χ0v) is 26.8. The van der Waals surface area contributed by atoms with Gasteiger partial charge in [0.25, 0.3) is 0 Å². The molecular weight excluding hydrogens is 609 g/mol. The zero-order valence-electron chi connectivity index (χ0n) is 26.0. The molecule has 0 radical (unpaired) electrons. The Kier molecular flexibility index (Phi) is 11.4. The van der Waals surface area contributed by atoms with E-state index in [4.69, 9.17) is 9.47 Å². The molecule has 2 atom stereocenters. The first-order chi connectivity index (χ1) is 23.0. The molecule has 0 unspecified atom stereocenters. The maximum atomic E-state index is 13.9.